The fourth-order valence-electron chi connectivity index (χ4n) is 4.20. The van der Waals surface area contributed by atoms with Gasteiger partial charge in [0.2, 0.25) is 5.91 Å². The SMILES string of the molecule is COCCNC(=O)c1ccc(C(=O)NS(=O)(=O)c2cccc(CCNC(=O)CC3CCCCC3)c2)cn1. The maximum Gasteiger partial charge on any atom is 0.269 e. The van der Waals surface area contributed by atoms with Crippen LogP contribution >= 0.6 is 0 Å². The van der Waals surface area contributed by atoms with Crippen LogP contribution in [-0.2, 0) is 26.0 Å². The van der Waals surface area contributed by atoms with Crippen molar-refractivity contribution in [3.05, 3.63) is 59.4 Å². The number of carbonyl (C=O) groups excluding carboxylic acids is 3. The molecule has 10 nitrogen and oxygen atoms in total. The third-order valence-electron chi connectivity index (χ3n) is 6.22. The van der Waals surface area contributed by atoms with E-state index in [1.54, 1.807) is 12.1 Å². The van der Waals surface area contributed by atoms with Gasteiger partial charge in [0.25, 0.3) is 21.8 Å². The minimum atomic E-state index is -4.14. The molecule has 0 saturated heterocycles. The lowest BCUT2D eigenvalue weighted by molar-refractivity contribution is -0.122. The molecule has 1 aliphatic rings. The Morgan fingerprint density at radius 3 is 2.49 bits per heavy atom. The van der Waals surface area contributed by atoms with Crippen LogP contribution in [0.1, 0.15) is 64.9 Å². The van der Waals surface area contributed by atoms with Crippen molar-refractivity contribution in [3.8, 4) is 0 Å². The van der Waals surface area contributed by atoms with Crippen molar-refractivity contribution < 1.29 is 27.5 Å². The van der Waals surface area contributed by atoms with Crippen molar-refractivity contribution in [3.63, 3.8) is 0 Å². The van der Waals surface area contributed by atoms with Crippen molar-refractivity contribution >= 4 is 27.7 Å². The normalized spacial score (nSPS) is 14.1. The number of carbonyl (C=O) groups is 3. The van der Waals surface area contributed by atoms with Crippen LogP contribution in [0.5, 0.6) is 0 Å². The van der Waals surface area contributed by atoms with Gasteiger partial charge in [-0.3, -0.25) is 19.4 Å². The number of nitrogens with one attached hydrogen (secondary N) is 3. The molecule has 2 aromatic rings. The van der Waals surface area contributed by atoms with Gasteiger partial charge in [-0.15, -0.1) is 0 Å². The first-order valence-electron chi connectivity index (χ1n) is 12.4. The zero-order valence-electron chi connectivity index (χ0n) is 21.0. The predicted octanol–water partition coefficient (Wildman–Crippen LogP) is 2.21. The number of nitrogens with zero attached hydrogens (tertiary/aromatic N) is 1. The molecule has 1 heterocycles. The van der Waals surface area contributed by atoms with Gasteiger partial charge in [0.05, 0.1) is 17.1 Å². The number of rotatable bonds is 12. The van der Waals surface area contributed by atoms with Crippen LogP contribution < -0.4 is 15.4 Å². The first-order chi connectivity index (χ1) is 17.8. The molecule has 3 amide bonds. The summed E-state index contributed by atoms with van der Waals surface area (Å²) in [6.45, 7) is 1.06. The Morgan fingerprint density at radius 1 is 1.00 bits per heavy atom. The Kier molecular flexibility index (Phi) is 10.6. The standard InChI is InChI=1S/C26H34N4O6S/c1-36-15-14-28-26(33)23-11-10-21(18-29-23)25(32)30-37(34,35)22-9-5-8-20(16-22)12-13-27-24(31)17-19-6-3-2-4-7-19/h5,8-11,16,18-19H,2-4,6-7,12-15,17H2,1H3,(H,27,31)(H,28,33)(H,30,32). The van der Waals surface area contributed by atoms with E-state index in [2.05, 4.69) is 15.6 Å². The lowest BCUT2D eigenvalue weighted by Crippen LogP contribution is -2.31. The van der Waals surface area contributed by atoms with Crippen LogP contribution in [0.4, 0.5) is 0 Å². The van der Waals surface area contributed by atoms with Crippen molar-refractivity contribution in [2.45, 2.75) is 49.8 Å². The molecular formula is C26H34N4O6S. The molecule has 0 atom stereocenters. The minimum absolute atomic E-state index is 0.00570. The second-order valence-electron chi connectivity index (χ2n) is 9.07. The molecule has 0 unspecified atom stereocenters. The number of sulfonamides is 1. The molecule has 1 aliphatic carbocycles. The molecule has 1 fully saturated rings. The summed E-state index contributed by atoms with van der Waals surface area (Å²) in [5.74, 6) is -0.817. The molecule has 1 aromatic carbocycles. The Labute approximate surface area is 217 Å². The largest absolute Gasteiger partial charge is 0.383 e. The van der Waals surface area contributed by atoms with Gasteiger partial charge in [-0.05, 0) is 55.0 Å². The Morgan fingerprint density at radius 2 is 1.78 bits per heavy atom. The van der Waals surface area contributed by atoms with E-state index in [1.807, 2.05) is 4.72 Å². The molecule has 0 spiro atoms. The predicted molar refractivity (Wildman–Crippen MR) is 137 cm³/mol. The number of hydrogen-bond donors (Lipinski definition) is 3. The van der Waals surface area contributed by atoms with Crippen molar-refractivity contribution in [2.24, 2.45) is 5.92 Å². The third-order valence-corrected chi connectivity index (χ3v) is 7.55. The van der Waals surface area contributed by atoms with Gasteiger partial charge in [-0.1, -0.05) is 31.4 Å². The molecule has 3 rings (SSSR count). The molecule has 3 N–H and O–H groups in total. The van der Waals surface area contributed by atoms with E-state index >= 15 is 0 Å². The molecular weight excluding hydrogens is 496 g/mol. The molecule has 0 bridgehead atoms. The van der Waals surface area contributed by atoms with E-state index < -0.39 is 21.8 Å². The van der Waals surface area contributed by atoms with Crippen molar-refractivity contribution in [2.75, 3.05) is 26.8 Å². The van der Waals surface area contributed by atoms with Gasteiger partial charge in [0.1, 0.15) is 5.69 Å². The topological polar surface area (TPSA) is 144 Å². The van der Waals surface area contributed by atoms with E-state index in [0.29, 0.717) is 38.5 Å². The van der Waals surface area contributed by atoms with Crippen molar-refractivity contribution in [1.82, 2.24) is 20.3 Å². The van der Waals surface area contributed by atoms with Crippen LogP contribution in [0.15, 0.2) is 47.5 Å². The Bertz CT molecular complexity index is 1180. The summed E-state index contributed by atoms with van der Waals surface area (Å²) in [5.41, 5.74) is 0.807. The first-order valence-corrected chi connectivity index (χ1v) is 13.9. The summed E-state index contributed by atoms with van der Waals surface area (Å²) >= 11 is 0. The molecule has 1 saturated carbocycles. The third kappa shape index (κ3) is 8.94. The van der Waals surface area contributed by atoms with E-state index in [4.69, 9.17) is 4.74 Å². The second-order valence-corrected chi connectivity index (χ2v) is 10.8. The summed E-state index contributed by atoms with van der Waals surface area (Å²) in [7, 11) is -2.63. The second kappa shape index (κ2) is 13.8. The number of methoxy groups -OCH3 is 1. The van der Waals surface area contributed by atoms with E-state index in [9.17, 15) is 22.8 Å². The van der Waals surface area contributed by atoms with Crippen molar-refractivity contribution in [1.29, 1.82) is 0 Å². The van der Waals surface area contributed by atoms with Crippen LogP contribution in [0.3, 0.4) is 0 Å². The number of hydrogen-bond acceptors (Lipinski definition) is 7. The molecule has 11 heteroatoms. The number of pyridine rings is 1. The highest BCUT2D eigenvalue weighted by Crippen LogP contribution is 2.26. The highest BCUT2D eigenvalue weighted by atomic mass is 32.2. The minimum Gasteiger partial charge on any atom is -0.383 e. The van der Waals surface area contributed by atoms with Gasteiger partial charge >= 0.3 is 0 Å². The average Bonchev–Trinajstić information content (AvgIpc) is 2.89. The van der Waals surface area contributed by atoms with Gasteiger partial charge in [0.15, 0.2) is 0 Å². The fourth-order valence-corrected chi connectivity index (χ4v) is 5.24. The molecule has 0 radical (unpaired) electrons. The molecule has 1 aromatic heterocycles. The monoisotopic (exact) mass is 530 g/mol. The van der Waals surface area contributed by atoms with Gasteiger partial charge in [-0.25, -0.2) is 13.1 Å². The van der Waals surface area contributed by atoms with E-state index in [0.717, 1.165) is 24.6 Å². The lowest BCUT2D eigenvalue weighted by Gasteiger charge is -2.20. The van der Waals surface area contributed by atoms with Gasteiger partial charge in [-0.2, -0.15) is 0 Å². The summed E-state index contributed by atoms with van der Waals surface area (Å²) < 4.78 is 32.5. The van der Waals surface area contributed by atoms with Crippen LogP contribution in [0.25, 0.3) is 0 Å². The zero-order valence-corrected chi connectivity index (χ0v) is 21.8. The maximum absolute atomic E-state index is 12.8. The maximum atomic E-state index is 12.8. The summed E-state index contributed by atoms with van der Waals surface area (Å²) in [6.07, 6.45) is 7.96. The Balaban J connectivity index is 1.52. The highest BCUT2D eigenvalue weighted by Gasteiger charge is 2.20. The lowest BCUT2D eigenvalue weighted by atomic mass is 9.87. The number of benzene rings is 1. The summed E-state index contributed by atoms with van der Waals surface area (Å²) in [4.78, 5) is 40.6. The van der Waals surface area contributed by atoms with Crippen LogP contribution in [0, 0.1) is 5.92 Å². The fraction of sp³-hybridized carbons (Fsp3) is 0.462. The first kappa shape index (κ1) is 28.3. The van der Waals surface area contributed by atoms with Crippen LogP contribution in [-0.4, -0.2) is 57.9 Å². The van der Waals surface area contributed by atoms with Gasteiger partial charge in [0, 0.05) is 32.8 Å². The van der Waals surface area contributed by atoms with Crippen LogP contribution in [0.2, 0.25) is 0 Å². The highest BCUT2D eigenvalue weighted by molar-refractivity contribution is 7.90. The molecule has 200 valence electrons. The summed E-state index contributed by atoms with van der Waals surface area (Å²) in [6, 6.07) is 8.91. The molecule has 37 heavy (non-hydrogen) atoms. The Hall–Kier alpha value is -3.31. The average molecular weight is 531 g/mol. The zero-order chi connectivity index (χ0) is 26.7. The van der Waals surface area contributed by atoms with Gasteiger partial charge < -0.3 is 15.4 Å². The van der Waals surface area contributed by atoms with E-state index in [1.165, 1.54) is 50.6 Å². The number of ether oxygens (including phenoxy) is 1. The summed E-state index contributed by atoms with van der Waals surface area (Å²) in [5, 5.41) is 5.52. The molecule has 0 aliphatic heterocycles. The smallest absolute Gasteiger partial charge is 0.269 e. The number of aromatic nitrogens is 1. The quantitative estimate of drug-likeness (QED) is 0.357. The van der Waals surface area contributed by atoms with E-state index in [-0.39, 0.29) is 22.1 Å². The number of amides is 3.